The molecular weight excluding hydrogens is 290 g/mol. The number of rotatable bonds is 2. The first-order chi connectivity index (χ1) is 8.06. The van der Waals surface area contributed by atoms with E-state index < -0.39 is 5.63 Å². The van der Waals surface area contributed by atoms with Crippen molar-refractivity contribution < 1.29 is 14.3 Å². The molecule has 0 saturated heterocycles. The van der Waals surface area contributed by atoms with E-state index in [-0.39, 0.29) is 5.90 Å². The fourth-order valence-corrected chi connectivity index (χ4v) is 1.67. The van der Waals surface area contributed by atoms with Crippen LogP contribution >= 0.6 is 15.9 Å². The van der Waals surface area contributed by atoms with E-state index in [1.54, 1.807) is 18.2 Å². The number of hydrogen-bond acceptors (Lipinski definition) is 4. The zero-order valence-electron chi connectivity index (χ0n) is 8.81. The van der Waals surface area contributed by atoms with Crippen molar-refractivity contribution in [2.45, 2.75) is 6.92 Å². The normalized spacial score (nSPS) is 11.8. The predicted molar refractivity (Wildman–Crippen MR) is 61.3 cm³/mol. The summed E-state index contributed by atoms with van der Waals surface area (Å²) in [6, 6.07) is 5.14. The molecule has 0 fully saturated rings. The molecule has 0 bridgehead atoms. The molecule has 1 aromatic heterocycles. The van der Waals surface area contributed by atoms with Crippen molar-refractivity contribution in [1.82, 2.24) is 5.27 Å². The number of aromatic nitrogens is 2. The smallest absolute Gasteiger partial charge is 0.427 e. The fourth-order valence-electron chi connectivity index (χ4n) is 1.32. The third kappa shape index (κ3) is 2.62. The van der Waals surface area contributed by atoms with Crippen molar-refractivity contribution in [2.24, 2.45) is 4.99 Å². The van der Waals surface area contributed by atoms with Gasteiger partial charge >= 0.3 is 5.63 Å². The molecular formula is C10H8BrN3O3. The second kappa shape index (κ2) is 4.54. The molecule has 1 aromatic carbocycles. The van der Waals surface area contributed by atoms with Crippen molar-refractivity contribution in [3.05, 3.63) is 39.3 Å². The molecule has 0 aliphatic heterocycles. The molecule has 1 N–H and O–H groups in total. The van der Waals surface area contributed by atoms with E-state index in [2.05, 4.69) is 30.7 Å². The molecule has 6 nitrogen and oxygen atoms in total. The van der Waals surface area contributed by atoms with Crippen LogP contribution in [0.3, 0.4) is 0 Å². The summed E-state index contributed by atoms with van der Waals surface area (Å²) in [6.45, 7) is 1.36. The number of nitrogens with zero attached hydrogens (tertiary/aromatic N) is 2. The zero-order valence-corrected chi connectivity index (χ0v) is 10.4. The Kier molecular flexibility index (Phi) is 3.10. The van der Waals surface area contributed by atoms with Gasteiger partial charge in [-0.05, 0) is 34.9 Å². The molecule has 0 amide bonds. The van der Waals surface area contributed by atoms with Gasteiger partial charge in [0.1, 0.15) is 5.69 Å². The minimum absolute atomic E-state index is 0.319. The molecule has 0 saturated carbocycles. The van der Waals surface area contributed by atoms with Crippen molar-refractivity contribution in [1.29, 1.82) is 0 Å². The highest BCUT2D eigenvalue weighted by atomic mass is 79.9. The monoisotopic (exact) mass is 297 g/mol. The molecule has 2 rings (SSSR count). The quantitative estimate of drug-likeness (QED) is 0.495. The fraction of sp³-hybridized carbons (Fsp3) is 0.100. The predicted octanol–water partition coefficient (Wildman–Crippen LogP) is 0.417. The van der Waals surface area contributed by atoms with Crippen LogP contribution in [0.4, 0.5) is 5.69 Å². The first kappa shape index (κ1) is 11.6. The first-order valence-corrected chi connectivity index (χ1v) is 5.48. The summed E-state index contributed by atoms with van der Waals surface area (Å²) in [6.07, 6.45) is 1.22. The van der Waals surface area contributed by atoms with Crippen LogP contribution in [-0.2, 0) is 0 Å². The molecule has 17 heavy (non-hydrogen) atoms. The van der Waals surface area contributed by atoms with Crippen LogP contribution in [0.2, 0.25) is 0 Å². The lowest BCUT2D eigenvalue weighted by Crippen LogP contribution is -2.32. The largest absolute Gasteiger partial charge is 0.862 e. The third-order valence-electron chi connectivity index (χ3n) is 1.95. The highest BCUT2D eigenvalue weighted by Gasteiger charge is 2.16. The average molecular weight is 298 g/mol. The summed E-state index contributed by atoms with van der Waals surface area (Å²) >= 11 is 3.30. The van der Waals surface area contributed by atoms with Gasteiger partial charge in [0.25, 0.3) is 11.9 Å². The number of H-pyrrole nitrogens is 1. The summed E-state index contributed by atoms with van der Waals surface area (Å²) in [5.41, 5.74) is 0.474. The van der Waals surface area contributed by atoms with E-state index in [4.69, 9.17) is 0 Å². The molecule has 7 heteroatoms. The van der Waals surface area contributed by atoms with Gasteiger partial charge < -0.3 is 5.11 Å². The van der Waals surface area contributed by atoms with Crippen molar-refractivity contribution in [3.63, 3.8) is 0 Å². The van der Waals surface area contributed by atoms with Crippen LogP contribution < -0.4 is 15.4 Å². The Labute approximate surface area is 104 Å². The zero-order chi connectivity index (χ0) is 12.4. The van der Waals surface area contributed by atoms with Crippen LogP contribution in [0.15, 0.2) is 43.2 Å². The number of aromatic amines is 1. The van der Waals surface area contributed by atoms with Gasteiger partial charge in [-0.25, -0.2) is 4.79 Å². The SMILES string of the molecule is CC([O-])=Nc1ccc(Br)cc1-[n+]1cc(=O)o[nH]1. The number of halogens is 1. The Morgan fingerprint density at radius 1 is 1.59 bits per heavy atom. The van der Waals surface area contributed by atoms with E-state index in [1.165, 1.54) is 17.8 Å². The van der Waals surface area contributed by atoms with Gasteiger partial charge in [0.15, 0.2) is 0 Å². The van der Waals surface area contributed by atoms with Gasteiger partial charge in [-0.3, -0.25) is 9.52 Å². The van der Waals surface area contributed by atoms with Crippen molar-refractivity contribution in [2.75, 3.05) is 0 Å². The van der Waals surface area contributed by atoms with Gasteiger partial charge in [-0.2, -0.15) is 0 Å². The Morgan fingerprint density at radius 2 is 2.35 bits per heavy atom. The standard InChI is InChI=1S/C10H8BrN3O3/c1-6(15)12-8-3-2-7(11)4-9(8)14-5-10(16)17-13-14/h2-5H,1H3,(H-,12,13,15,16). The van der Waals surface area contributed by atoms with E-state index in [0.717, 1.165) is 4.47 Å². The molecule has 0 spiro atoms. The maximum absolute atomic E-state index is 11.0. The minimum atomic E-state index is -0.515. The van der Waals surface area contributed by atoms with Crippen molar-refractivity contribution >= 4 is 27.5 Å². The first-order valence-electron chi connectivity index (χ1n) is 4.68. The molecule has 0 atom stereocenters. The highest BCUT2D eigenvalue weighted by molar-refractivity contribution is 9.10. The second-order valence-corrected chi connectivity index (χ2v) is 4.19. The Morgan fingerprint density at radius 3 is 2.94 bits per heavy atom. The van der Waals surface area contributed by atoms with Crippen LogP contribution in [0.25, 0.3) is 5.69 Å². The lowest BCUT2D eigenvalue weighted by Gasteiger charge is -2.03. The van der Waals surface area contributed by atoms with Crippen LogP contribution in [0.1, 0.15) is 6.92 Å². The Bertz CT molecular complexity index is 626. The van der Waals surface area contributed by atoms with Gasteiger partial charge in [0.05, 0.1) is 0 Å². The summed E-state index contributed by atoms with van der Waals surface area (Å²) in [5, 5.41) is 13.4. The van der Waals surface area contributed by atoms with E-state index >= 15 is 0 Å². The van der Waals surface area contributed by atoms with Gasteiger partial charge in [-0.1, -0.05) is 15.9 Å². The van der Waals surface area contributed by atoms with Gasteiger partial charge in [0, 0.05) is 10.5 Å². The summed E-state index contributed by atoms with van der Waals surface area (Å²) < 4.78 is 6.71. The number of benzene rings is 1. The van der Waals surface area contributed by atoms with E-state index in [0.29, 0.717) is 11.4 Å². The van der Waals surface area contributed by atoms with E-state index in [9.17, 15) is 9.90 Å². The van der Waals surface area contributed by atoms with Crippen LogP contribution in [-0.4, -0.2) is 11.2 Å². The second-order valence-electron chi connectivity index (χ2n) is 3.28. The highest BCUT2D eigenvalue weighted by Crippen LogP contribution is 2.23. The maximum Gasteiger partial charge on any atom is 0.427 e. The molecule has 0 aliphatic carbocycles. The topological polar surface area (TPSA) is 85.3 Å². The Balaban J connectivity index is 2.62. The minimum Gasteiger partial charge on any atom is -0.862 e. The lowest BCUT2D eigenvalue weighted by molar-refractivity contribution is -0.669. The van der Waals surface area contributed by atoms with E-state index in [1.807, 2.05) is 0 Å². The molecule has 88 valence electrons. The average Bonchev–Trinajstić information content (AvgIpc) is 2.67. The maximum atomic E-state index is 11.0. The number of aliphatic imine (C=N–C) groups is 1. The molecule has 0 unspecified atom stereocenters. The number of nitrogens with one attached hydrogen (secondary N) is 1. The van der Waals surface area contributed by atoms with Crippen molar-refractivity contribution in [3.8, 4) is 5.69 Å². The summed E-state index contributed by atoms with van der Waals surface area (Å²) in [7, 11) is 0. The summed E-state index contributed by atoms with van der Waals surface area (Å²) in [5.74, 6) is -0.319. The van der Waals surface area contributed by atoms with Crippen LogP contribution in [0.5, 0.6) is 0 Å². The molecule has 0 radical (unpaired) electrons. The summed E-state index contributed by atoms with van der Waals surface area (Å²) in [4.78, 5) is 14.8. The van der Waals surface area contributed by atoms with Gasteiger partial charge in [-0.15, -0.1) is 0 Å². The molecule has 1 heterocycles. The van der Waals surface area contributed by atoms with Gasteiger partial charge in [0.2, 0.25) is 0 Å². The number of hydrogen-bond donors (Lipinski definition) is 1. The Hall–Kier alpha value is -1.89. The molecule has 2 aromatic rings. The lowest BCUT2D eigenvalue weighted by atomic mass is 10.2. The molecule has 0 aliphatic rings. The third-order valence-corrected chi connectivity index (χ3v) is 2.45. The van der Waals surface area contributed by atoms with Crippen LogP contribution in [0, 0.1) is 0 Å².